The first-order valence-corrected chi connectivity index (χ1v) is 14.6. The van der Waals surface area contributed by atoms with E-state index in [0.717, 1.165) is 11.8 Å². The summed E-state index contributed by atoms with van der Waals surface area (Å²) in [5.41, 5.74) is 1.34. The number of carbonyl (C=O) groups is 2. The van der Waals surface area contributed by atoms with Crippen LogP contribution < -0.4 is 14.4 Å². The number of hydrogen-bond acceptors (Lipinski definition) is 5. The second kappa shape index (κ2) is 14.2. The predicted molar refractivity (Wildman–Crippen MR) is 148 cm³/mol. The molecule has 2 aromatic rings. The Labute approximate surface area is 226 Å². The Morgan fingerprint density at radius 1 is 1.05 bits per heavy atom. The summed E-state index contributed by atoms with van der Waals surface area (Å²) in [4.78, 5) is 28.0. The van der Waals surface area contributed by atoms with Crippen molar-refractivity contribution in [2.75, 3.05) is 30.8 Å². The smallest absolute Gasteiger partial charge is 0.242 e. The van der Waals surface area contributed by atoms with Crippen LogP contribution in [0.2, 0.25) is 5.02 Å². The van der Waals surface area contributed by atoms with E-state index >= 15 is 0 Å². The third-order valence-electron chi connectivity index (χ3n) is 5.85. The van der Waals surface area contributed by atoms with Gasteiger partial charge in [0.25, 0.3) is 0 Å². The van der Waals surface area contributed by atoms with Crippen LogP contribution in [0.15, 0.2) is 48.5 Å². The Kier molecular flexibility index (Phi) is 11.7. The summed E-state index contributed by atoms with van der Waals surface area (Å²) in [6.07, 6.45) is 1.96. The van der Waals surface area contributed by atoms with E-state index in [9.17, 15) is 18.0 Å². The number of nitrogens with one attached hydrogen (secondary N) is 1. The Hall–Kier alpha value is -2.78. The molecule has 0 aliphatic rings. The summed E-state index contributed by atoms with van der Waals surface area (Å²) in [5, 5.41) is 3.52. The number of benzene rings is 2. The van der Waals surface area contributed by atoms with Gasteiger partial charge in [-0.25, -0.2) is 8.42 Å². The molecule has 0 aromatic heterocycles. The van der Waals surface area contributed by atoms with Gasteiger partial charge in [-0.1, -0.05) is 44.5 Å². The van der Waals surface area contributed by atoms with Crippen LogP contribution in [0.5, 0.6) is 5.75 Å². The van der Waals surface area contributed by atoms with Gasteiger partial charge in [-0.2, -0.15) is 0 Å². The number of carbonyl (C=O) groups excluding carboxylic acids is 2. The van der Waals surface area contributed by atoms with E-state index in [1.165, 1.54) is 11.4 Å². The predicted octanol–water partition coefficient (Wildman–Crippen LogP) is 4.47. The largest absolute Gasteiger partial charge is 0.497 e. The molecule has 0 aliphatic heterocycles. The zero-order valence-corrected chi connectivity index (χ0v) is 23.8. The van der Waals surface area contributed by atoms with E-state index < -0.39 is 16.1 Å². The molecule has 0 aliphatic carbocycles. The Balaban J connectivity index is 2.19. The van der Waals surface area contributed by atoms with Gasteiger partial charge in [0.2, 0.25) is 21.8 Å². The van der Waals surface area contributed by atoms with Crippen LogP contribution in [0, 0.1) is 5.92 Å². The minimum Gasteiger partial charge on any atom is -0.497 e. The van der Waals surface area contributed by atoms with Crippen molar-refractivity contribution >= 4 is 39.1 Å². The molecule has 2 rings (SSSR count). The number of halogens is 1. The number of methoxy groups -OCH3 is 1. The van der Waals surface area contributed by atoms with Gasteiger partial charge in [0.05, 0.1) is 19.1 Å². The molecular weight excluding hydrogens is 514 g/mol. The molecule has 0 saturated carbocycles. The number of ether oxygens (including phenoxy) is 1. The van der Waals surface area contributed by atoms with Crippen LogP contribution in [-0.2, 0) is 26.2 Å². The quantitative estimate of drug-likeness (QED) is 0.373. The van der Waals surface area contributed by atoms with Crippen molar-refractivity contribution in [1.82, 2.24) is 10.2 Å². The molecule has 10 heteroatoms. The molecule has 37 heavy (non-hydrogen) atoms. The molecule has 1 atom stereocenters. The van der Waals surface area contributed by atoms with Crippen molar-refractivity contribution in [2.45, 2.75) is 52.6 Å². The molecule has 0 fully saturated rings. The highest BCUT2D eigenvalue weighted by atomic mass is 35.5. The zero-order valence-electron chi connectivity index (χ0n) is 22.2. The van der Waals surface area contributed by atoms with Crippen LogP contribution in [-0.4, -0.2) is 57.6 Å². The molecular formula is C27H38ClN3O5S. The van der Waals surface area contributed by atoms with E-state index in [1.54, 1.807) is 41.3 Å². The van der Waals surface area contributed by atoms with Gasteiger partial charge in [-0.3, -0.25) is 13.9 Å². The van der Waals surface area contributed by atoms with E-state index in [0.29, 0.717) is 35.8 Å². The molecule has 204 valence electrons. The maximum atomic E-state index is 13.4. The van der Waals surface area contributed by atoms with Crippen molar-refractivity contribution < 1.29 is 22.7 Å². The highest BCUT2D eigenvalue weighted by molar-refractivity contribution is 7.92. The van der Waals surface area contributed by atoms with Crippen LogP contribution in [0.3, 0.4) is 0 Å². The molecule has 2 aromatic carbocycles. The molecule has 0 saturated heterocycles. The fourth-order valence-electron chi connectivity index (χ4n) is 3.88. The molecule has 1 N–H and O–H groups in total. The van der Waals surface area contributed by atoms with E-state index in [-0.39, 0.29) is 37.2 Å². The maximum Gasteiger partial charge on any atom is 0.242 e. The van der Waals surface area contributed by atoms with Crippen LogP contribution in [0.4, 0.5) is 5.69 Å². The minimum atomic E-state index is -3.57. The van der Waals surface area contributed by atoms with Crippen molar-refractivity contribution in [3.8, 4) is 5.75 Å². The Morgan fingerprint density at radius 3 is 2.19 bits per heavy atom. The standard InChI is InChI=1S/C27H38ClN3O5S/c1-6-25(27(33)29-18-20(2)3)30(19-21-9-11-22(28)12-10-21)26(32)8-7-17-31(37(5,34)35)23-13-15-24(36-4)16-14-23/h9-16,20,25H,6-8,17-19H2,1-5H3,(H,29,33)/t25-/m0/s1. The molecule has 0 heterocycles. The Bertz CT molecular complexity index is 1120. The van der Waals surface area contributed by atoms with Crippen LogP contribution in [0.1, 0.15) is 45.6 Å². The lowest BCUT2D eigenvalue weighted by molar-refractivity contribution is -0.141. The van der Waals surface area contributed by atoms with Gasteiger partial charge in [0.1, 0.15) is 11.8 Å². The SMILES string of the molecule is CC[C@@H](C(=O)NCC(C)C)N(Cc1ccc(Cl)cc1)C(=O)CCCN(c1ccc(OC)cc1)S(C)(=O)=O. The topological polar surface area (TPSA) is 96.0 Å². The van der Waals surface area contributed by atoms with Crippen molar-refractivity contribution in [3.05, 3.63) is 59.1 Å². The van der Waals surface area contributed by atoms with Gasteiger partial charge < -0.3 is 15.0 Å². The summed E-state index contributed by atoms with van der Waals surface area (Å²) in [6.45, 7) is 6.78. The lowest BCUT2D eigenvalue weighted by Gasteiger charge is -2.31. The number of nitrogens with zero attached hydrogens (tertiary/aromatic N) is 2. The number of anilines is 1. The van der Waals surface area contributed by atoms with Crippen molar-refractivity contribution in [2.24, 2.45) is 5.92 Å². The molecule has 0 unspecified atom stereocenters. The lowest BCUT2D eigenvalue weighted by atomic mass is 10.1. The number of rotatable bonds is 14. The first-order chi connectivity index (χ1) is 17.5. The van der Waals surface area contributed by atoms with Gasteiger partial charge in [0.15, 0.2) is 0 Å². The van der Waals surface area contributed by atoms with E-state index in [4.69, 9.17) is 16.3 Å². The second-order valence-electron chi connectivity index (χ2n) is 9.35. The highest BCUT2D eigenvalue weighted by Crippen LogP contribution is 2.23. The summed E-state index contributed by atoms with van der Waals surface area (Å²) in [5.74, 6) is 0.479. The highest BCUT2D eigenvalue weighted by Gasteiger charge is 2.29. The van der Waals surface area contributed by atoms with Crippen molar-refractivity contribution in [1.29, 1.82) is 0 Å². The summed E-state index contributed by atoms with van der Waals surface area (Å²) in [7, 11) is -2.03. The van der Waals surface area contributed by atoms with Gasteiger partial charge in [0, 0.05) is 31.1 Å². The van der Waals surface area contributed by atoms with Gasteiger partial charge in [-0.05, 0) is 60.7 Å². The fourth-order valence-corrected chi connectivity index (χ4v) is 4.97. The van der Waals surface area contributed by atoms with E-state index in [2.05, 4.69) is 5.32 Å². The van der Waals surface area contributed by atoms with Crippen LogP contribution >= 0.6 is 11.6 Å². The third-order valence-corrected chi connectivity index (χ3v) is 7.30. The van der Waals surface area contributed by atoms with E-state index in [1.807, 2.05) is 32.9 Å². The summed E-state index contributed by atoms with van der Waals surface area (Å²) in [6, 6.07) is 13.2. The monoisotopic (exact) mass is 551 g/mol. The normalized spacial score (nSPS) is 12.2. The average Bonchev–Trinajstić information content (AvgIpc) is 2.85. The lowest BCUT2D eigenvalue weighted by Crippen LogP contribution is -2.49. The molecule has 0 bridgehead atoms. The average molecular weight is 552 g/mol. The maximum absolute atomic E-state index is 13.4. The molecule has 0 spiro atoms. The number of amides is 2. The zero-order chi connectivity index (χ0) is 27.6. The first kappa shape index (κ1) is 30.4. The Morgan fingerprint density at radius 2 is 1.68 bits per heavy atom. The molecule has 0 radical (unpaired) electrons. The summed E-state index contributed by atoms with van der Waals surface area (Å²) >= 11 is 6.02. The van der Waals surface area contributed by atoms with Gasteiger partial charge >= 0.3 is 0 Å². The van der Waals surface area contributed by atoms with Gasteiger partial charge in [-0.15, -0.1) is 0 Å². The third kappa shape index (κ3) is 9.55. The molecule has 8 nitrogen and oxygen atoms in total. The summed E-state index contributed by atoms with van der Waals surface area (Å²) < 4.78 is 31.4. The number of sulfonamides is 1. The molecule has 2 amide bonds. The van der Waals surface area contributed by atoms with Crippen LogP contribution in [0.25, 0.3) is 0 Å². The van der Waals surface area contributed by atoms with Crippen molar-refractivity contribution in [3.63, 3.8) is 0 Å². The minimum absolute atomic E-state index is 0.0870. The first-order valence-electron chi connectivity index (χ1n) is 12.4. The second-order valence-corrected chi connectivity index (χ2v) is 11.7. The fraction of sp³-hybridized carbons (Fsp3) is 0.481. The number of hydrogen-bond donors (Lipinski definition) is 1.